The van der Waals surface area contributed by atoms with Crippen molar-refractivity contribution >= 4 is 32.6 Å². The number of nitrogens with zero attached hydrogens (tertiary/aromatic N) is 2. The van der Waals surface area contributed by atoms with Crippen LogP contribution in [-0.2, 0) is 6.54 Å². The van der Waals surface area contributed by atoms with Gasteiger partial charge in [0.05, 0.1) is 58.9 Å². The summed E-state index contributed by atoms with van der Waals surface area (Å²) in [5.74, 6) is -0.399. The second kappa shape index (κ2) is 7.70. The molecule has 3 aromatic carbocycles. The minimum Gasteiger partial charge on any atom is -0.507 e. The number of benzene rings is 3. The Balaban J connectivity index is 2.08. The van der Waals surface area contributed by atoms with Crippen LogP contribution >= 0.6 is 0 Å². The summed E-state index contributed by atoms with van der Waals surface area (Å²) in [6.07, 6.45) is 0. The van der Waals surface area contributed by atoms with Crippen LogP contribution in [0.3, 0.4) is 0 Å². The van der Waals surface area contributed by atoms with Gasteiger partial charge in [0.1, 0.15) is 11.5 Å². The monoisotopic (exact) mass is 398 g/mol. The smallest absolute Gasteiger partial charge is 0.189 e. The molecule has 29 heavy (non-hydrogen) atoms. The van der Waals surface area contributed by atoms with E-state index in [1.807, 2.05) is 6.07 Å². The quantitative estimate of drug-likeness (QED) is 0.190. The lowest BCUT2D eigenvalue weighted by Gasteiger charge is -2.08. The largest absolute Gasteiger partial charge is 0.507 e. The molecule has 0 aliphatic carbocycles. The molecule has 0 saturated carbocycles. The zero-order chi connectivity index (χ0) is 20.5. The molecule has 0 aliphatic heterocycles. The third kappa shape index (κ3) is 3.09. The molecule has 1 heterocycles. The van der Waals surface area contributed by atoms with Crippen molar-refractivity contribution in [3.63, 3.8) is 0 Å². The molecular formula is C20H22N4O5. The van der Waals surface area contributed by atoms with E-state index in [0.29, 0.717) is 46.8 Å². The van der Waals surface area contributed by atoms with Gasteiger partial charge in [-0.25, -0.2) is 0 Å². The number of fused-ring (bicyclic) bond motifs is 2. The summed E-state index contributed by atoms with van der Waals surface area (Å²) in [5, 5.41) is 47.6. The van der Waals surface area contributed by atoms with Crippen LogP contribution in [0.15, 0.2) is 34.1 Å². The fourth-order valence-corrected chi connectivity index (χ4v) is 3.78. The Kier molecular flexibility index (Phi) is 5.10. The molecule has 0 radical (unpaired) electrons. The summed E-state index contributed by atoms with van der Waals surface area (Å²) in [6, 6.07) is 6.11. The van der Waals surface area contributed by atoms with Crippen molar-refractivity contribution in [3.8, 4) is 11.5 Å². The number of rotatable bonds is 7. The van der Waals surface area contributed by atoms with E-state index >= 15 is 0 Å². The van der Waals surface area contributed by atoms with E-state index in [0.717, 1.165) is 0 Å². The maximum atomic E-state index is 12.6. The van der Waals surface area contributed by atoms with Crippen LogP contribution in [0.25, 0.3) is 32.6 Å². The van der Waals surface area contributed by atoms with Gasteiger partial charge in [0.2, 0.25) is 0 Å². The molecule has 9 heteroatoms. The molecule has 0 atom stereocenters. The number of phenols is 2. The maximum Gasteiger partial charge on any atom is 0.189 e. The fraction of sp³-hybridized carbons (Fsp3) is 0.300. The van der Waals surface area contributed by atoms with Crippen molar-refractivity contribution in [1.29, 1.82) is 0 Å². The summed E-state index contributed by atoms with van der Waals surface area (Å²) in [5.41, 5.74) is 0.860. The number of aromatic hydroxyl groups is 2. The summed E-state index contributed by atoms with van der Waals surface area (Å²) in [7, 11) is 0. The van der Waals surface area contributed by atoms with Crippen molar-refractivity contribution in [2.75, 3.05) is 32.8 Å². The van der Waals surface area contributed by atoms with Gasteiger partial charge in [0.15, 0.2) is 5.43 Å². The Morgan fingerprint density at radius 2 is 1.79 bits per heavy atom. The number of aliphatic hydroxyl groups excluding tert-OH is 2. The number of nitrogens with one attached hydrogen (secondary N) is 2. The van der Waals surface area contributed by atoms with Crippen LogP contribution in [0.1, 0.15) is 0 Å². The molecule has 0 fully saturated rings. The molecule has 0 saturated heterocycles. The lowest BCUT2D eigenvalue weighted by molar-refractivity contribution is 0.272. The van der Waals surface area contributed by atoms with Gasteiger partial charge in [0, 0.05) is 18.5 Å². The predicted molar refractivity (Wildman–Crippen MR) is 110 cm³/mol. The first kappa shape index (κ1) is 19.2. The van der Waals surface area contributed by atoms with E-state index in [1.165, 1.54) is 12.1 Å². The summed E-state index contributed by atoms with van der Waals surface area (Å²) in [6.45, 7) is 1.65. The SMILES string of the molecule is O=c1ccc(O)c2c(O)c3c(=NCCNCCO)ccc4c3c([nH]n4CCO)c12. The van der Waals surface area contributed by atoms with Crippen molar-refractivity contribution in [3.05, 3.63) is 39.8 Å². The molecule has 152 valence electrons. The average molecular weight is 398 g/mol. The molecule has 0 amide bonds. The van der Waals surface area contributed by atoms with Gasteiger partial charge in [-0.15, -0.1) is 0 Å². The molecule has 0 unspecified atom stereocenters. The normalized spacial score (nSPS) is 12.7. The number of aromatic nitrogens is 2. The highest BCUT2D eigenvalue weighted by atomic mass is 16.3. The van der Waals surface area contributed by atoms with E-state index in [9.17, 15) is 20.1 Å². The first-order chi connectivity index (χ1) is 14.1. The number of phenolic OH excluding ortho intramolecular Hbond substituents is 2. The molecule has 0 aliphatic rings. The fourth-order valence-electron chi connectivity index (χ4n) is 3.78. The van der Waals surface area contributed by atoms with Gasteiger partial charge < -0.3 is 25.7 Å². The second-order valence-corrected chi connectivity index (χ2v) is 6.75. The molecule has 4 rings (SSSR count). The Morgan fingerprint density at radius 1 is 0.966 bits per heavy atom. The van der Waals surface area contributed by atoms with Gasteiger partial charge in [0.25, 0.3) is 0 Å². The minimum atomic E-state index is -0.329. The Bertz CT molecular complexity index is 1310. The van der Waals surface area contributed by atoms with Crippen LogP contribution in [0.2, 0.25) is 0 Å². The van der Waals surface area contributed by atoms with E-state index in [1.54, 1.807) is 10.7 Å². The van der Waals surface area contributed by atoms with Crippen molar-refractivity contribution < 1.29 is 20.4 Å². The third-order valence-corrected chi connectivity index (χ3v) is 5.00. The zero-order valence-corrected chi connectivity index (χ0v) is 15.6. The number of aliphatic hydroxyl groups is 2. The molecule has 9 nitrogen and oxygen atoms in total. The second-order valence-electron chi connectivity index (χ2n) is 6.75. The lowest BCUT2D eigenvalue weighted by Crippen LogP contribution is -2.22. The van der Waals surface area contributed by atoms with Crippen LogP contribution in [0, 0.1) is 0 Å². The third-order valence-electron chi connectivity index (χ3n) is 5.00. The zero-order valence-electron chi connectivity index (χ0n) is 15.6. The first-order valence-corrected chi connectivity index (χ1v) is 9.37. The van der Waals surface area contributed by atoms with Gasteiger partial charge in [-0.2, -0.15) is 0 Å². The van der Waals surface area contributed by atoms with Gasteiger partial charge in [-0.1, -0.05) is 0 Å². The highest BCUT2D eigenvalue weighted by molar-refractivity contribution is 6.23. The van der Waals surface area contributed by atoms with Crippen molar-refractivity contribution in [2.24, 2.45) is 4.99 Å². The Hall–Kier alpha value is -3.14. The number of H-pyrrole nitrogens is 1. The highest BCUT2D eigenvalue weighted by Crippen LogP contribution is 2.41. The first-order valence-electron chi connectivity index (χ1n) is 9.37. The van der Waals surface area contributed by atoms with Crippen LogP contribution in [0.5, 0.6) is 11.5 Å². The van der Waals surface area contributed by atoms with Gasteiger partial charge >= 0.3 is 0 Å². The molecule has 4 aromatic rings. The van der Waals surface area contributed by atoms with E-state index in [4.69, 9.17) is 5.11 Å². The summed E-state index contributed by atoms with van der Waals surface area (Å²) < 4.78 is 1.70. The molecule has 6 N–H and O–H groups in total. The topological polar surface area (TPSA) is 143 Å². The standard InChI is InChI=1S/C20H22N4O5/c25-9-7-21-5-6-22-11-1-2-12-16-15(11)20(29)18-14(28)4-3-13(27)17(18)19(16)23-24(12)8-10-26/h1-4,21,23,25-26,28-29H,5-10H2. The molecular weight excluding hydrogens is 376 g/mol. The Morgan fingerprint density at radius 3 is 2.55 bits per heavy atom. The van der Waals surface area contributed by atoms with Crippen LogP contribution < -0.4 is 16.1 Å². The van der Waals surface area contributed by atoms with Crippen LogP contribution in [0.4, 0.5) is 0 Å². The maximum absolute atomic E-state index is 12.6. The van der Waals surface area contributed by atoms with E-state index in [2.05, 4.69) is 15.4 Å². The van der Waals surface area contributed by atoms with Crippen molar-refractivity contribution in [1.82, 2.24) is 15.1 Å². The molecule has 0 spiro atoms. The summed E-state index contributed by atoms with van der Waals surface area (Å²) in [4.78, 5) is 17.1. The predicted octanol–water partition coefficient (Wildman–Crippen LogP) is -0.0401. The van der Waals surface area contributed by atoms with E-state index < -0.39 is 0 Å². The highest BCUT2D eigenvalue weighted by Gasteiger charge is 2.21. The van der Waals surface area contributed by atoms with E-state index in [-0.39, 0.29) is 47.5 Å². The van der Waals surface area contributed by atoms with Gasteiger partial charge in [-0.05, 0) is 24.3 Å². The number of hydrogen-bond donors (Lipinski definition) is 6. The average Bonchev–Trinajstić information content (AvgIpc) is 3.07. The molecule has 1 aromatic heterocycles. The lowest BCUT2D eigenvalue weighted by atomic mass is 9.99. The van der Waals surface area contributed by atoms with Crippen molar-refractivity contribution in [2.45, 2.75) is 6.54 Å². The number of aromatic amines is 1. The molecule has 0 bridgehead atoms. The van der Waals surface area contributed by atoms with Gasteiger partial charge in [-0.3, -0.25) is 19.6 Å². The number of hydrogen-bond acceptors (Lipinski definition) is 7. The minimum absolute atomic E-state index is 0.0386. The van der Waals surface area contributed by atoms with Crippen LogP contribution in [-0.4, -0.2) is 63.1 Å². The Labute approximate surface area is 164 Å². The summed E-state index contributed by atoms with van der Waals surface area (Å²) >= 11 is 0.